The number of rotatable bonds is 3. The molecule has 0 saturated heterocycles. The number of ether oxygens (including phenoxy) is 2. The highest BCUT2D eigenvalue weighted by molar-refractivity contribution is 5.65. The highest BCUT2D eigenvalue weighted by Crippen LogP contribution is 1.83. The van der Waals surface area contributed by atoms with E-state index in [4.69, 9.17) is 0 Å². The van der Waals surface area contributed by atoms with E-state index in [1.165, 1.54) is 6.08 Å². The Hall–Kier alpha value is -0.670. The molecule has 0 unspecified atom stereocenters. The molecule has 0 aromatic rings. The van der Waals surface area contributed by atoms with E-state index in [0.717, 1.165) is 11.9 Å². The first-order valence-electron chi connectivity index (χ1n) is 3.72. The summed E-state index contributed by atoms with van der Waals surface area (Å²) in [6, 6.07) is 0. The molecule has 3 nitrogen and oxygen atoms in total. The number of carbonyl (C=O) groups excluding carboxylic acids is 1. The Labute approximate surface area is 74.4 Å². The van der Waals surface area contributed by atoms with Crippen molar-refractivity contribution in [2.75, 3.05) is 14.2 Å². The standard InChI is InChI=1S/C5H8O.C4H10O2/c1-5(2)3-4-6;1-4(5-2)6-3/h3-4H,1-2H3;4H,1-3H3. The Morgan fingerprint density at radius 2 is 1.67 bits per heavy atom. The molecule has 0 aromatic heterocycles. The first-order chi connectivity index (χ1) is 5.58. The van der Waals surface area contributed by atoms with Crippen molar-refractivity contribution in [1.82, 2.24) is 0 Å². The summed E-state index contributed by atoms with van der Waals surface area (Å²) in [5.74, 6) is 0. The summed E-state index contributed by atoms with van der Waals surface area (Å²) in [6.07, 6.45) is 2.25. The molecule has 0 fully saturated rings. The second-order valence-electron chi connectivity index (χ2n) is 2.42. The van der Waals surface area contributed by atoms with Crippen molar-refractivity contribution in [1.29, 1.82) is 0 Å². The predicted octanol–water partition coefficient (Wildman–Crippen LogP) is 1.78. The first kappa shape index (κ1) is 13.9. The molecule has 0 aromatic carbocycles. The first-order valence-corrected chi connectivity index (χ1v) is 3.72. The lowest BCUT2D eigenvalue weighted by Crippen LogP contribution is -2.05. The molecule has 3 heteroatoms. The summed E-state index contributed by atoms with van der Waals surface area (Å²) in [5.41, 5.74) is 1.05. The van der Waals surface area contributed by atoms with Crippen molar-refractivity contribution >= 4 is 6.29 Å². The minimum Gasteiger partial charge on any atom is -0.356 e. The molecule has 0 bridgehead atoms. The molecule has 0 N–H and O–H groups in total. The summed E-state index contributed by atoms with van der Waals surface area (Å²) in [7, 11) is 3.21. The van der Waals surface area contributed by atoms with Gasteiger partial charge in [-0.3, -0.25) is 4.79 Å². The van der Waals surface area contributed by atoms with Crippen LogP contribution in [0.4, 0.5) is 0 Å². The fraction of sp³-hybridized carbons (Fsp3) is 0.667. The molecule has 72 valence electrons. The summed E-state index contributed by atoms with van der Waals surface area (Å²) in [5, 5.41) is 0. The smallest absolute Gasteiger partial charge is 0.154 e. The Balaban J connectivity index is 0. The molecule has 0 spiro atoms. The quantitative estimate of drug-likeness (QED) is 0.371. The predicted molar refractivity (Wildman–Crippen MR) is 49.0 cm³/mol. The lowest BCUT2D eigenvalue weighted by Gasteiger charge is -2.03. The van der Waals surface area contributed by atoms with E-state index in [0.29, 0.717) is 0 Å². The van der Waals surface area contributed by atoms with Crippen LogP contribution in [0.3, 0.4) is 0 Å². The molecule has 0 amide bonds. The Morgan fingerprint density at radius 3 is 1.67 bits per heavy atom. The third-order valence-electron chi connectivity index (χ3n) is 1.07. The highest BCUT2D eigenvalue weighted by atomic mass is 16.7. The van der Waals surface area contributed by atoms with Gasteiger partial charge in [-0.15, -0.1) is 0 Å². The minimum atomic E-state index is -0.0648. The van der Waals surface area contributed by atoms with Gasteiger partial charge in [-0.2, -0.15) is 0 Å². The number of carbonyl (C=O) groups is 1. The van der Waals surface area contributed by atoms with Crippen LogP contribution in [0.1, 0.15) is 20.8 Å². The van der Waals surface area contributed by atoms with Gasteiger partial charge in [0.1, 0.15) is 6.29 Å². The molecule has 0 rings (SSSR count). The third kappa shape index (κ3) is 16.2. The molecule has 12 heavy (non-hydrogen) atoms. The van der Waals surface area contributed by atoms with E-state index in [2.05, 4.69) is 9.47 Å². The van der Waals surface area contributed by atoms with Gasteiger partial charge in [0.25, 0.3) is 0 Å². The Kier molecular flexibility index (Phi) is 12.0. The number of methoxy groups -OCH3 is 2. The van der Waals surface area contributed by atoms with Crippen molar-refractivity contribution in [3.63, 3.8) is 0 Å². The van der Waals surface area contributed by atoms with Crippen molar-refractivity contribution < 1.29 is 14.3 Å². The topological polar surface area (TPSA) is 35.5 Å². The average Bonchev–Trinajstić information content (AvgIpc) is 2.04. The van der Waals surface area contributed by atoms with Gasteiger partial charge in [0, 0.05) is 14.2 Å². The molecule has 0 saturated carbocycles. The fourth-order valence-electron chi connectivity index (χ4n) is 0.232. The van der Waals surface area contributed by atoms with Crippen molar-refractivity contribution in [2.45, 2.75) is 27.1 Å². The van der Waals surface area contributed by atoms with Crippen LogP contribution in [-0.2, 0) is 14.3 Å². The van der Waals surface area contributed by atoms with E-state index >= 15 is 0 Å². The summed E-state index contributed by atoms with van der Waals surface area (Å²) >= 11 is 0. The monoisotopic (exact) mass is 174 g/mol. The van der Waals surface area contributed by atoms with Gasteiger partial charge in [-0.05, 0) is 26.8 Å². The van der Waals surface area contributed by atoms with Crippen LogP contribution in [0.2, 0.25) is 0 Å². The molecular formula is C9H18O3. The lowest BCUT2D eigenvalue weighted by molar-refractivity contribution is -0.104. The highest BCUT2D eigenvalue weighted by Gasteiger charge is 1.87. The SMILES string of the molecule is CC(C)=CC=O.COC(C)OC. The molecule has 0 aliphatic heterocycles. The van der Waals surface area contributed by atoms with E-state index < -0.39 is 0 Å². The zero-order chi connectivity index (χ0) is 9.98. The summed E-state index contributed by atoms with van der Waals surface area (Å²) in [4.78, 5) is 9.54. The zero-order valence-electron chi connectivity index (χ0n) is 8.46. The number of aldehydes is 1. The van der Waals surface area contributed by atoms with Crippen LogP contribution in [-0.4, -0.2) is 26.8 Å². The number of hydrogen-bond acceptors (Lipinski definition) is 3. The summed E-state index contributed by atoms with van der Waals surface area (Å²) < 4.78 is 9.35. The van der Waals surface area contributed by atoms with Crippen molar-refractivity contribution in [3.05, 3.63) is 11.6 Å². The fourth-order valence-corrected chi connectivity index (χ4v) is 0.232. The molecule has 0 radical (unpaired) electrons. The lowest BCUT2D eigenvalue weighted by atomic mass is 10.3. The minimum absolute atomic E-state index is 0.0648. The zero-order valence-corrected chi connectivity index (χ0v) is 8.46. The molecule has 0 aliphatic rings. The largest absolute Gasteiger partial charge is 0.356 e. The maximum absolute atomic E-state index is 9.54. The Morgan fingerprint density at radius 1 is 1.25 bits per heavy atom. The maximum Gasteiger partial charge on any atom is 0.154 e. The normalized spacial score (nSPS) is 8.50. The van der Waals surface area contributed by atoms with Crippen molar-refractivity contribution in [3.8, 4) is 0 Å². The molecule has 0 atom stereocenters. The van der Waals surface area contributed by atoms with E-state index in [1.54, 1.807) is 14.2 Å². The van der Waals surface area contributed by atoms with Gasteiger partial charge < -0.3 is 9.47 Å². The van der Waals surface area contributed by atoms with E-state index in [9.17, 15) is 4.79 Å². The van der Waals surface area contributed by atoms with Crippen LogP contribution in [0.15, 0.2) is 11.6 Å². The van der Waals surface area contributed by atoms with Gasteiger partial charge in [-0.1, -0.05) is 5.57 Å². The number of hydrogen-bond donors (Lipinski definition) is 0. The second-order valence-corrected chi connectivity index (χ2v) is 2.42. The van der Waals surface area contributed by atoms with Gasteiger partial charge in [-0.25, -0.2) is 0 Å². The van der Waals surface area contributed by atoms with E-state index in [-0.39, 0.29) is 6.29 Å². The van der Waals surface area contributed by atoms with Crippen molar-refractivity contribution in [2.24, 2.45) is 0 Å². The molecule has 0 aliphatic carbocycles. The van der Waals surface area contributed by atoms with E-state index in [1.807, 2.05) is 20.8 Å². The van der Waals surface area contributed by atoms with Crippen LogP contribution in [0.5, 0.6) is 0 Å². The Bertz CT molecular complexity index is 122. The maximum atomic E-state index is 9.54. The third-order valence-corrected chi connectivity index (χ3v) is 1.07. The van der Waals surface area contributed by atoms with Gasteiger partial charge in [0.15, 0.2) is 6.29 Å². The second kappa shape index (κ2) is 10.3. The van der Waals surface area contributed by atoms with Crippen LogP contribution in [0.25, 0.3) is 0 Å². The van der Waals surface area contributed by atoms with Gasteiger partial charge >= 0.3 is 0 Å². The van der Waals surface area contributed by atoms with Gasteiger partial charge in [0.2, 0.25) is 0 Å². The summed E-state index contributed by atoms with van der Waals surface area (Å²) in [6.45, 7) is 5.60. The molecule has 0 heterocycles. The van der Waals surface area contributed by atoms with Gasteiger partial charge in [0.05, 0.1) is 0 Å². The van der Waals surface area contributed by atoms with Crippen LogP contribution in [0, 0.1) is 0 Å². The average molecular weight is 174 g/mol. The van der Waals surface area contributed by atoms with Crippen LogP contribution >= 0.6 is 0 Å². The molecular weight excluding hydrogens is 156 g/mol. The number of allylic oxidation sites excluding steroid dienone is 2. The van der Waals surface area contributed by atoms with Crippen LogP contribution < -0.4 is 0 Å².